The lowest BCUT2D eigenvalue weighted by Crippen LogP contribution is -2.57. The van der Waals surface area contributed by atoms with Crippen molar-refractivity contribution >= 4 is 81.1 Å². The van der Waals surface area contributed by atoms with Crippen LogP contribution in [-0.2, 0) is 68.6 Å². The van der Waals surface area contributed by atoms with Gasteiger partial charge in [-0.1, -0.05) is 99.0 Å². The molecule has 19 heteroatoms. The van der Waals surface area contributed by atoms with E-state index >= 15 is 0 Å². The van der Waals surface area contributed by atoms with Crippen molar-refractivity contribution < 1.29 is 72.4 Å². The second-order valence-electron chi connectivity index (χ2n) is 43.9. The van der Waals surface area contributed by atoms with Crippen molar-refractivity contribution in [3.63, 3.8) is 0 Å². The number of ketones is 7. The fourth-order valence-electron chi connectivity index (χ4n) is 31.3. The number of phenolic OH excluding ortho intramolecular Hbond substituents is 1. The molecule has 710 valence electrons. The van der Waals surface area contributed by atoms with Gasteiger partial charge in [-0.15, -0.1) is 0 Å². The van der Waals surface area contributed by atoms with E-state index in [1.807, 2.05) is 77.7 Å². The number of fused-ring (bicyclic) bond motifs is 17. The molecule has 8 saturated carbocycles. The van der Waals surface area contributed by atoms with Gasteiger partial charge in [0.1, 0.15) is 11.4 Å². The van der Waals surface area contributed by atoms with Gasteiger partial charge in [0.05, 0.1) is 0 Å². The Morgan fingerprint density at radius 2 is 0.754 bits per heavy atom. The Morgan fingerprint density at radius 3 is 1.13 bits per heavy atom. The minimum absolute atomic E-state index is 0.0287. The average molecular weight is 1820 g/mol. The number of phenols is 1. The van der Waals surface area contributed by atoms with Crippen molar-refractivity contribution in [2.45, 2.75) is 295 Å². The Balaban J connectivity index is 0.000000124. The number of allylic oxidation sites excluding steroid dienone is 12. The molecule has 5 aromatic carbocycles. The molecule has 0 heterocycles. The summed E-state index contributed by atoms with van der Waals surface area (Å²) in [5, 5.41) is 25.0. The minimum atomic E-state index is -1.24. The Labute approximate surface area is 791 Å². The van der Waals surface area contributed by atoms with Gasteiger partial charge in [0.15, 0.2) is 57.3 Å². The maximum Gasteiger partial charge on any atom is 0.303 e. The van der Waals surface area contributed by atoms with Crippen LogP contribution in [0.1, 0.15) is 300 Å². The van der Waals surface area contributed by atoms with Gasteiger partial charge in [0, 0.05) is 137 Å². The summed E-state index contributed by atoms with van der Waals surface area (Å²) in [6.45, 7) is 19.3. The van der Waals surface area contributed by atoms with E-state index in [9.17, 15) is 58.2 Å². The zero-order valence-corrected chi connectivity index (χ0v) is 81.8. The number of benzene rings is 5. The summed E-state index contributed by atoms with van der Waals surface area (Å²) in [6.07, 6.45) is 26.4. The predicted octanol–water partition coefficient (Wildman–Crippen LogP) is 21.1. The van der Waals surface area contributed by atoms with E-state index in [2.05, 4.69) is 134 Å². The van der Waals surface area contributed by atoms with Crippen LogP contribution in [0.15, 0.2) is 184 Å². The van der Waals surface area contributed by atoms with Gasteiger partial charge in [-0.25, -0.2) is 0 Å². The zero-order valence-electron chi connectivity index (χ0n) is 81.8. The molecule has 20 rings (SSSR count). The first-order chi connectivity index (χ1) is 63.6. The van der Waals surface area contributed by atoms with Crippen LogP contribution >= 0.6 is 0 Å². The van der Waals surface area contributed by atoms with Crippen molar-refractivity contribution in [2.75, 3.05) is 56.1 Å². The molecule has 0 amide bonds. The maximum atomic E-state index is 13.2. The molecule has 5 aromatic rings. The monoisotopic (exact) mass is 1820 g/mol. The number of anilines is 4. The van der Waals surface area contributed by atoms with Crippen LogP contribution in [0.3, 0.4) is 0 Å². The largest absolute Gasteiger partial charge is 0.508 e. The third kappa shape index (κ3) is 15.8. The van der Waals surface area contributed by atoms with Crippen LogP contribution in [0.5, 0.6) is 5.75 Å². The second kappa shape index (κ2) is 35.9. The van der Waals surface area contributed by atoms with E-state index in [4.69, 9.17) is 19.9 Å². The van der Waals surface area contributed by atoms with E-state index in [0.29, 0.717) is 92.1 Å². The molecular weight excluding hydrogens is 1680 g/mol. The van der Waals surface area contributed by atoms with Crippen molar-refractivity contribution in [3.05, 3.63) is 217 Å². The fraction of sp³-hybridized carbons (Fsp3) is 0.548. The third-order valence-electron chi connectivity index (χ3n) is 37.3. The van der Waals surface area contributed by atoms with E-state index in [1.165, 1.54) is 104 Å². The number of nitrogen functional groups attached to an aromatic ring is 1. The number of aryl methyl sites for hydroxylation is 1. The van der Waals surface area contributed by atoms with Crippen molar-refractivity contribution in [1.29, 1.82) is 0 Å². The number of aliphatic hydroxyl groups is 1. The Kier molecular flexibility index (Phi) is 25.6. The van der Waals surface area contributed by atoms with Crippen LogP contribution < -0.4 is 20.9 Å². The molecule has 13 unspecified atom stereocenters. The standard InChI is InChI=1S/C30H37NO4.C29H35NO4.C28H33NO4.C28H35NO3/c1-18(32)30(35-19(2)33)15-14-27-25-12-8-21-16-23(34)11-13-24(21)28(25)26(17-29(27,30)3)20-6-9-22(10-7-20)31(4)5;1-17(31)29(34-18(2)32)14-13-26-24-11-7-20-15-22(33)10-12-23(20)27(24)25(16-28(26,29)3)19-5-8-21(30-4)9-6-19;1-16(30)28(33-17(2)31)13-12-25-23-10-6-19-14-21(32)9-11-22(19)26(23)24(15-27(25,28)3)18-4-7-20(29)8-5-18;1-17(30)28(32)14-13-25-23-11-7-19-15-21(31)10-12-22(19)26(23)24(16-27(25,28)2)18-5-8-20(9-6-18)29(3)4/h6-7,9-11,13,16,25-28,34H,8,12,14-15,17H2,1-5H3;5-6,8-9,15,24-26,30H,7,10-14,16H2,1-4H3;4-5,7-8,14,23-25H,6,9-13,15,29H2,1-3H3;5-6,8-9,15,23-25,32H,7,10-14,16H2,1-4H3/t25?,26-,27?,28?,29+,30?;24?,25-,26?,28+,29?;2*23?,24-,25?,27+,28?/m1111/s1. The molecule has 5 N–H and O–H groups in total. The van der Waals surface area contributed by atoms with Crippen LogP contribution in [0.2, 0.25) is 0 Å². The summed E-state index contributed by atoms with van der Waals surface area (Å²) in [4.78, 5) is 130. The summed E-state index contributed by atoms with van der Waals surface area (Å²) < 4.78 is 17.9. The fourth-order valence-corrected chi connectivity index (χ4v) is 31.3. The van der Waals surface area contributed by atoms with Gasteiger partial charge in [-0.05, 0) is 380 Å². The van der Waals surface area contributed by atoms with Gasteiger partial charge in [-0.2, -0.15) is 0 Å². The van der Waals surface area contributed by atoms with E-state index in [1.54, 1.807) is 27.7 Å². The molecule has 21 atom stereocenters. The quantitative estimate of drug-likeness (QED) is 0.0456. The highest BCUT2D eigenvalue weighted by molar-refractivity contribution is 5.96. The zero-order chi connectivity index (χ0) is 95.8. The van der Waals surface area contributed by atoms with Gasteiger partial charge in [-0.3, -0.25) is 47.9 Å². The highest BCUT2D eigenvalue weighted by Crippen LogP contribution is 2.74. The first-order valence-electron chi connectivity index (χ1n) is 49.8. The summed E-state index contributed by atoms with van der Waals surface area (Å²) in [6, 6.07) is 40.1. The normalized spacial score (nSPS) is 34.8. The lowest BCUT2D eigenvalue weighted by molar-refractivity contribution is -0.184. The molecule has 19 nitrogen and oxygen atoms in total. The van der Waals surface area contributed by atoms with Crippen LogP contribution in [0, 0.1) is 69.0 Å². The van der Waals surface area contributed by atoms with E-state index in [0.717, 1.165) is 145 Å². The van der Waals surface area contributed by atoms with Gasteiger partial charge < -0.3 is 45.3 Å². The number of hydrogen-bond donors (Lipinski definition) is 4. The number of carbonyl (C=O) groups is 10. The van der Waals surface area contributed by atoms with Gasteiger partial charge in [0.25, 0.3) is 0 Å². The first kappa shape index (κ1) is 95.3. The van der Waals surface area contributed by atoms with Gasteiger partial charge >= 0.3 is 17.9 Å². The molecule has 15 aliphatic carbocycles. The number of Topliss-reactive ketones (excluding diaryl/α,β-unsaturated/α-hetero) is 4. The lowest BCUT2D eigenvalue weighted by Gasteiger charge is -2.56. The first-order valence-corrected chi connectivity index (χ1v) is 49.8. The third-order valence-corrected chi connectivity index (χ3v) is 37.3. The molecule has 8 fully saturated rings. The number of carbonyl (C=O) groups excluding carboxylic acids is 10. The predicted molar refractivity (Wildman–Crippen MR) is 521 cm³/mol. The summed E-state index contributed by atoms with van der Waals surface area (Å²) in [5.41, 5.74) is 23.7. The average Bonchev–Trinajstić information content (AvgIpc) is 1.52. The van der Waals surface area contributed by atoms with E-state index in [-0.39, 0.29) is 93.9 Å². The van der Waals surface area contributed by atoms with E-state index < -0.39 is 44.1 Å². The summed E-state index contributed by atoms with van der Waals surface area (Å²) >= 11 is 0. The molecule has 134 heavy (non-hydrogen) atoms. The Hall–Kier alpha value is -10.4. The molecule has 0 aliphatic heterocycles. The number of ether oxygens (including phenoxy) is 3. The lowest BCUT2D eigenvalue weighted by atomic mass is 9.48. The summed E-state index contributed by atoms with van der Waals surface area (Å²) in [7, 11) is 10.1. The van der Waals surface area contributed by atoms with Crippen LogP contribution in [0.25, 0.3) is 0 Å². The maximum absolute atomic E-state index is 13.2. The smallest absolute Gasteiger partial charge is 0.303 e. The van der Waals surface area contributed by atoms with Crippen LogP contribution in [-0.4, -0.2) is 126 Å². The van der Waals surface area contributed by atoms with Crippen molar-refractivity contribution in [1.82, 2.24) is 0 Å². The van der Waals surface area contributed by atoms with Crippen molar-refractivity contribution in [3.8, 4) is 5.75 Å². The highest BCUT2D eigenvalue weighted by Gasteiger charge is 2.72. The number of esters is 3. The second-order valence-corrected chi connectivity index (χ2v) is 43.9. The Bertz CT molecular complexity index is 5810. The summed E-state index contributed by atoms with van der Waals surface area (Å²) in [5.74, 6) is 3.21. The molecule has 0 aromatic heterocycles. The molecule has 0 saturated heterocycles. The number of nitrogens with two attached hydrogens (primary N) is 1. The number of hydrogen-bond acceptors (Lipinski definition) is 19. The number of nitrogens with zero attached hydrogens (tertiary/aromatic N) is 2. The topological polar surface area (TPSA) is 283 Å². The number of aromatic hydroxyl groups is 1. The van der Waals surface area contributed by atoms with Crippen LogP contribution in [0.4, 0.5) is 22.7 Å². The van der Waals surface area contributed by atoms with Crippen molar-refractivity contribution in [2.24, 2.45) is 69.0 Å². The number of rotatable bonds is 14. The molecule has 0 spiro atoms. The molecule has 0 bridgehead atoms. The highest BCUT2D eigenvalue weighted by atomic mass is 16.6. The number of nitrogens with one attached hydrogen (secondary N) is 1. The molecule has 0 radical (unpaired) electrons. The molecular formula is C115H140N4O15. The molecule has 15 aliphatic rings. The minimum Gasteiger partial charge on any atom is -0.508 e. The Morgan fingerprint density at radius 1 is 0.396 bits per heavy atom. The SMILES string of the molecule is CC(=O)C1(O)CCC2C3CCC4=CC(=O)CCC4=C3[C@@H](c3ccc(N(C)C)cc3)C[C@@]21C.CC(=O)OC1(C(C)=O)CCC2C3CCC4=CC(=O)CCC4=C3[C@@H](c3ccc(N)cc3)C[C@@]21C.CC(=O)OC1(C(C)=O)CCC2C3CCc4cc(O)ccc4C3[C@@H](c3ccc(N(C)C)cc3)C[C@@]21C.CNc1ccc([C@H]2C[C@@]3(C)C(CCC3(OC(C)=O)C(C)=O)C3CCC4=CC(=O)CCC4=C32)cc1. The van der Waals surface area contributed by atoms with Gasteiger partial charge in [0.2, 0.25) is 0 Å².